The zero-order valence-electron chi connectivity index (χ0n) is 13.0. The van der Waals surface area contributed by atoms with Crippen molar-refractivity contribution in [2.45, 2.75) is 39.0 Å². The van der Waals surface area contributed by atoms with E-state index in [0.29, 0.717) is 13.2 Å². The van der Waals surface area contributed by atoms with Gasteiger partial charge in [-0.25, -0.2) is 9.59 Å². The standard InChI is InChI=1S/C7H14O3.C5H4F6O3/c1-3-5-9-7(8)10-6-4-2;6-4(7,8)1-13-3(12)14-2-5(9,10)11/h3-6H2,1-2H3;1-2H2. The predicted octanol–water partition coefficient (Wildman–Crippen LogP) is 4.22. The number of carbonyl (C=O) groups excluding carboxylic acids is 2. The quantitative estimate of drug-likeness (QED) is 0.513. The van der Waals surface area contributed by atoms with E-state index in [0.717, 1.165) is 12.8 Å². The first-order valence-electron chi connectivity index (χ1n) is 6.63. The van der Waals surface area contributed by atoms with Crippen molar-refractivity contribution in [1.82, 2.24) is 0 Å². The Labute approximate surface area is 134 Å². The minimum absolute atomic E-state index is 0.447. The van der Waals surface area contributed by atoms with Gasteiger partial charge in [0.05, 0.1) is 13.2 Å². The van der Waals surface area contributed by atoms with Crippen LogP contribution in [0.2, 0.25) is 0 Å². The van der Waals surface area contributed by atoms with E-state index in [1.165, 1.54) is 0 Å². The normalized spacial score (nSPS) is 11.0. The van der Waals surface area contributed by atoms with E-state index in [9.17, 15) is 35.9 Å². The fourth-order valence-corrected chi connectivity index (χ4v) is 0.736. The molecule has 0 unspecified atom stereocenters. The third-order valence-corrected chi connectivity index (χ3v) is 1.56. The van der Waals surface area contributed by atoms with E-state index in [4.69, 9.17) is 0 Å². The number of halogens is 6. The van der Waals surface area contributed by atoms with Crippen LogP contribution in [0.3, 0.4) is 0 Å². The second kappa shape index (κ2) is 12.5. The highest BCUT2D eigenvalue weighted by Gasteiger charge is 2.33. The number of hydrogen-bond acceptors (Lipinski definition) is 6. The Morgan fingerprint density at radius 3 is 1.21 bits per heavy atom. The van der Waals surface area contributed by atoms with Gasteiger partial charge in [-0.15, -0.1) is 0 Å². The Morgan fingerprint density at radius 2 is 0.958 bits per heavy atom. The molecule has 0 rings (SSSR count). The summed E-state index contributed by atoms with van der Waals surface area (Å²) in [5.74, 6) is 0. The van der Waals surface area contributed by atoms with E-state index in [-0.39, 0.29) is 0 Å². The van der Waals surface area contributed by atoms with Gasteiger partial charge in [-0.05, 0) is 12.8 Å². The monoisotopic (exact) mass is 372 g/mol. The van der Waals surface area contributed by atoms with Gasteiger partial charge in [-0.2, -0.15) is 26.3 Å². The van der Waals surface area contributed by atoms with Crippen molar-refractivity contribution in [3.63, 3.8) is 0 Å². The summed E-state index contributed by atoms with van der Waals surface area (Å²) in [5.41, 5.74) is 0. The summed E-state index contributed by atoms with van der Waals surface area (Å²) in [4.78, 5) is 20.6. The largest absolute Gasteiger partial charge is 0.508 e. The zero-order valence-corrected chi connectivity index (χ0v) is 13.0. The average Bonchev–Trinajstić information content (AvgIpc) is 2.46. The molecule has 0 heterocycles. The summed E-state index contributed by atoms with van der Waals surface area (Å²) in [5, 5.41) is 0. The van der Waals surface area contributed by atoms with Crippen molar-refractivity contribution in [2.75, 3.05) is 26.4 Å². The lowest BCUT2D eigenvalue weighted by molar-refractivity contribution is -0.182. The number of ether oxygens (including phenoxy) is 4. The SMILES string of the molecule is CCCOC(=O)OCCC.O=C(OCC(F)(F)F)OCC(F)(F)F. The highest BCUT2D eigenvalue weighted by Crippen LogP contribution is 2.17. The maximum Gasteiger partial charge on any atom is 0.508 e. The molecule has 0 aliphatic heterocycles. The summed E-state index contributed by atoms with van der Waals surface area (Å²) in [6, 6.07) is 0. The molecule has 0 aromatic carbocycles. The predicted molar refractivity (Wildman–Crippen MR) is 67.3 cm³/mol. The third kappa shape index (κ3) is 22.4. The van der Waals surface area contributed by atoms with Crippen LogP contribution < -0.4 is 0 Å². The van der Waals surface area contributed by atoms with Gasteiger partial charge in [0.15, 0.2) is 13.2 Å². The highest BCUT2D eigenvalue weighted by atomic mass is 19.4. The summed E-state index contributed by atoms with van der Waals surface area (Å²) >= 11 is 0. The van der Waals surface area contributed by atoms with E-state index in [1.807, 2.05) is 13.8 Å². The summed E-state index contributed by atoms with van der Waals surface area (Å²) in [6.07, 6.45) is -10.5. The van der Waals surface area contributed by atoms with E-state index in [2.05, 4.69) is 18.9 Å². The van der Waals surface area contributed by atoms with Crippen LogP contribution in [0.25, 0.3) is 0 Å². The van der Waals surface area contributed by atoms with Crippen molar-refractivity contribution < 1.29 is 54.9 Å². The molecule has 0 radical (unpaired) electrons. The molecule has 6 nitrogen and oxygen atoms in total. The van der Waals surface area contributed by atoms with Crippen LogP contribution in [-0.4, -0.2) is 51.1 Å². The van der Waals surface area contributed by atoms with Crippen molar-refractivity contribution in [2.24, 2.45) is 0 Å². The molecule has 0 spiro atoms. The van der Waals surface area contributed by atoms with Gasteiger partial charge in [0.1, 0.15) is 0 Å². The Balaban J connectivity index is 0. The highest BCUT2D eigenvalue weighted by molar-refractivity contribution is 5.60. The van der Waals surface area contributed by atoms with Gasteiger partial charge in [-0.3, -0.25) is 0 Å². The van der Waals surface area contributed by atoms with Gasteiger partial charge in [0.25, 0.3) is 0 Å². The fraction of sp³-hybridized carbons (Fsp3) is 0.833. The first-order valence-corrected chi connectivity index (χ1v) is 6.63. The Hall–Kier alpha value is -1.88. The molecule has 0 saturated heterocycles. The molecule has 0 aromatic rings. The van der Waals surface area contributed by atoms with Crippen LogP contribution in [0.5, 0.6) is 0 Å². The van der Waals surface area contributed by atoms with Gasteiger partial charge >= 0.3 is 24.7 Å². The van der Waals surface area contributed by atoms with Crippen LogP contribution in [0.1, 0.15) is 26.7 Å². The average molecular weight is 372 g/mol. The molecule has 0 saturated carbocycles. The van der Waals surface area contributed by atoms with E-state index in [1.54, 1.807) is 0 Å². The molecule has 24 heavy (non-hydrogen) atoms. The summed E-state index contributed by atoms with van der Waals surface area (Å²) in [6.45, 7) is 0.804. The van der Waals surface area contributed by atoms with E-state index < -0.39 is 37.9 Å². The molecule has 144 valence electrons. The van der Waals surface area contributed by atoms with Crippen LogP contribution in [-0.2, 0) is 18.9 Å². The van der Waals surface area contributed by atoms with Crippen molar-refractivity contribution in [3.8, 4) is 0 Å². The maximum absolute atomic E-state index is 11.3. The topological polar surface area (TPSA) is 71.1 Å². The number of carbonyl (C=O) groups is 2. The first kappa shape index (κ1) is 24.4. The minimum Gasteiger partial charge on any atom is -0.434 e. The Bertz CT molecular complexity index is 325. The maximum atomic E-state index is 11.3. The summed E-state index contributed by atoms with van der Waals surface area (Å²) < 4.78 is 83.9. The summed E-state index contributed by atoms with van der Waals surface area (Å²) in [7, 11) is 0. The second-order valence-electron chi connectivity index (χ2n) is 4.00. The molecular weight excluding hydrogens is 354 g/mol. The zero-order chi connectivity index (χ0) is 19.2. The van der Waals surface area contributed by atoms with Crippen molar-refractivity contribution in [1.29, 1.82) is 0 Å². The van der Waals surface area contributed by atoms with E-state index >= 15 is 0 Å². The molecule has 0 fully saturated rings. The lowest BCUT2D eigenvalue weighted by Crippen LogP contribution is -2.24. The van der Waals surface area contributed by atoms with Gasteiger partial charge in [0.2, 0.25) is 0 Å². The second-order valence-corrected chi connectivity index (χ2v) is 4.00. The molecule has 0 aliphatic rings. The van der Waals surface area contributed by atoms with Gasteiger partial charge in [0, 0.05) is 0 Å². The lowest BCUT2D eigenvalue weighted by atomic mass is 10.5. The Kier molecular flexibility index (Phi) is 12.7. The van der Waals surface area contributed by atoms with Gasteiger partial charge in [-0.1, -0.05) is 13.8 Å². The molecule has 0 aliphatic carbocycles. The van der Waals surface area contributed by atoms with Crippen LogP contribution in [0, 0.1) is 0 Å². The van der Waals surface area contributed by atoms with Crippen LogP contribution in [0.4, 0.5) is 35.9 Å². The number of hydrogen-bond donors (Lipinski definition) is 0. The lowest BCUT2D eigenvalue weighted by Gasteiger charge is -2.09. The third-order valence-electron chi connectivity index (χ3n) is 1.56. The molecule has 0 atom stereocenters. The minimum atomic E-state index is -4.79. The smallest absolute Gasteiger partial charge is 0.434 e. The molecule has 0 N–H and O–H groups in total. The molecule has 12 heteroatoms. The van der Waals surface area contributed by atoms with Gasteiger partial charge < -0.3 is 18.9 Å². The number of alkyl halides is 6. The molecule has 0 aromatic heterocycles. The molecule has 0 amide bonds. The molecular formula is C12H18F6O6. The van der Waals surface area contributed by atoms with Crippen LogP contribution >= 0.6 is 0 Å². The van der Waals surface area contributed by atoms with Crippen molar-refractivity contribution >= 4 is 12.3 Å². The first-order chi connectivity index (χ1) is 10.9. The fourth-order valence-electron chi connectivity index (χ4n) is 0.736. The van der Waals surface area contributed by atoms with Crippen molar-refractivity contribution in [3.05, 3.63) is 0 Å². The van der Waals surface area contributed by atoms with Crippen LogP contribution in [0.15, 0.2) is 0 Å². The number of rotatable bonds is 6. The molecule has 0 bridgehead atoms. The Morgan fingerprint density at radius 1 is 0.667 bits per heavy atom.